The van der Waals surface area contributed by atoms with Crippen molar-refractivity contribution in [3.8, 4) is 11.1 Å². The van der Waals surface area contributed by atoms with Gasteiger partial charge in [-0.1, -0.05) is 60.7 Å². The number of hydrogen-bond acceptors (Lipinski definition) is 3. The quantitative estimate of drug-likeness (QED) is 0.766. The molecule has 1 saturated heterocycles. The molecule has 0 N–H and O–H groups in total. The summed E-state index contributed by atoms with van der Waals surface area (Å²) in [5, 5.41) is 0. The Morgan fingerprint density at radius 2 is 1.68 bits per heavy atom. The number of hydrogen-bond donors (Lipinski definition) is 0. The van der Waals surface area contributed by atoms with Gasteiger partial charge in [0.2, 0.25) is 5.91 Å². The second-order valence-electron chi connectivity index (χ2n) is 7.50. The number of ether oxygens (including phenoxy) is 1. The van der Waals surface area contributed by atoms with Crippen molar-refractivity contribution in [2.45, 2.75) is 12.8 Å². The van der Waals surface area contributed by atoms with Crippen molar-refractivity contribution >= 4 is 12.0 Å². The standard InChI is InChI=1S/C23H24N2O3/c1-16(2)13-24-11-12-25(14-22(24)26)23(27)28-15-21-19-9-5-3-7-17(19)18-8-4-6-10-20(18)21/h3-10,21H,1,11-15H2,2H3. The van der Waals surface area contributed by atoms with Crippen molar-refractivity contribution in [2.24, 2.45) is 0 Å². The minimum atomic E-state index is -0.426. The zero-order chi connectivity index (χ0) is 19.7. The molecule has 2 amide bonds. The van der Waals surface area contributed by atoms with Gasteiger partial charge >= 0.3 is 6.09 Å². The van der Waals surface area contributed by atoms with E-state index < -0.39 is 6.09 Å². The Balaban J connectivity index is 1.42. The number of carbonyl (C=O) groups excluding carboxylic acids is 2. The number of fused-ring (bicyclic) bond motifs is 3. The van der Waals surface area contributed by atoms with Gasteiger partial charge < -0.3 is 9.64 Å². The van der Waals surface area contributed by atoms with Crippen LogP contribution in [0.3, 0.4) is 0 Å². The summed E-state index contributed by atoms with van der Waals surface area (Å²) in [6.45, 7) is 7.60. The fourth-order valence-electron chi connectivity index (χ4n) is 4.04. The molecule has 28 heavy (non-hydrogen) atoms. The van der Waals surface area contributed by atoms with Crippen LogP contribution >= 0.6 is 0 Å². The highest BCUT2D eigenvalue weighted by Gasteiger charge is 2.31. The molecule has 5 nitrogen and oxygen atoms in total. The lowest BCUT2D eigenvalue weighted by atomic mass is 9.98. The number of rotatable bonds is 4. The Morgan fingerprint density at radius 1 is 1.07 bits per heavy atom. The molecule has 1 aliphatic heterocycles. The molecule has 0 bridgehead atoms. The van der Waals surface area contributed by atoms with Gasteiger partial charge in [-0.3, -0.25) is 9.69 Å². The van der Waals surface area contributed by atoms with E-state index in [1.165, 1.54) is 27.2 Å². The van der Waals surface area contributed by atoms with E-state index in [0.717, 1.165) is 5.57 Å². The molecule has 5 heteroatoms. The lowest BCUT2D eigenvalue weighted by Gasteiger charge is -2.34. The number of piperazine rings is 1. The van der Waals surface area contributed by atoms with Gasteiger partial charge in [-0.15, -0.1) is 0 Å². The van der Waals surface area contributed by atoms with Crippen molar-refractivity contribution in [2.75, 3.05) is 32.8 Å². The predicted octanol–water partition coefficient (Wildman–Crippen LogP) is 3.66. The Kier molecular flexibility index (Phi) is 4.90. The second-order valence-corrected chi connectivity index (χ2v) is 7.50. The summed E-state index contributed by atoms with van der Waals surface area (Å²) in [5.74, 6) is -0.0421. The zero-order valence-electron chi connectivity index (χ0n) is 16.1. The minimum Gasteiger partial charge on any atom is -0.448 e. The van der Waals surface area contributed by atoms with Gasteiger partial charge in [0.1, 0.15) is 13.2 Å². The van der Waals surface area contributed by atoms with Crippen molar-refractivity contribution in [3.63, 3.8) is 0 Å². The molecule has 0 spiro atoms. The van der Waals surface area contributed by atoms with Crippen LogP contribution < -0.4 is 0 Å². The largest absolute Gasteiger partial charge is 0.448 e. The monoisotopic (exact) mass is 376 g/mol. The number of benzene rings is 2. The van der Waals surface area contributed by atoms with E-state index in [1.807, 2.05) is 31.2 Å². The third-order valence-electron chi connectivity index (χ3n) is 5.37. The molecule has 1 fully saturated rings. The van der Waals surface area contributed by atoms with Crippen molar-refractivity contribution in [3.05, 3.63) is 71.8 Å². The van der Waals surface area contributed by atoms with Crippen LogP contribution in [0.5, 0.6) is 0 Å². The first-order valence-electron chi connectivity index (χ1n) is 9.56. The first kappa shape index (κ1) is 18.3. The summed E-state index contributed by atoms with van der Waals surface area (Å²) in [7, 11) is 0. The van der Waals surface area contributed by atoms with Crippen molar-refractivity contribution < 1.29 is 14.3 Å². The SMILES string of the molecule is C=C(C)CN1CCN(C(=O)OCC2c3ccccc3-c3ccccc32)CC1=O. The van der Waals surface area contributed by atoms with E-state index >= 15 is 0 Å². The molecular formula is C23H24N2O3. The Morgan fingerprint density at radius 3 is 2.25 bits per heavy atom. The van der Waals surface area contributed by atoms with Gasteiger partial charge in [0, 0.05) is 25.6 Å². The molecule has 4 rings (SSSR count). The van der Waals surface area contributed by atoms with Crippen LogP contribution in [0.2, 0.25) is 0 Å². The van der Waals surface area contributed by atoms with Crippen LogP contribution in [0, 0.1) is 0 Å². The molecule has 0 saturated carbocycles. The Bertz CT molecular complexity index is 891. The van der Waals surface area contributed by atoms with Crippen LogP contribution in [0.25, 0.3) is 11.1 Å². The van der Waals surface area contributed by atoms with E-state index in [4.69, 9.17) is 4.74 Å². The van der Waals surface area contributed by atoms with Crippen LogP contribution in [-0.2, 0) is 9.53 Å². The van der Waals surface area contributed by atoms with Crippen molar-refractivity contribution in [1.29, 1.82) is 0 Å². The van der Waals surface area contributed by atoms with E-state index in [-0.39, 0.29) is 25.0 Å². The predicted molar refractivity (Wildman–Crippen MR) is 108 cm³/mol. The number of carbonyl (C=O) groups is 2. The van der Waals surface area contributed by atoms with E-state index in [2.05, 4.69) is 30.8 Å². The third-order valence-corrected chi connectivity index (χ3v) is 5.37. The average molecular weight is 376 g/mol. The van der Waals surface area contributed by atoms with Gasteiger partial charge in [0.25, 0.3) is 0 Å². The molecule has 0 aromatic heterocycles. The molecular weight excluding hydrogens is 352 g/mol. The highest BCUT2D eigenvalue weighted by Crippen LogP contribution is 2.44. The van der Waals surface area contributed by atoms with Gasteiger partial charge in [-0.25, -0.2) is 4.79 Å². The summed E-state index contributed by atoms with van der Waals surface area (Å²) in [4.78, 5) is 28.1. The van der Waals surface area contributed by atoms with Crippen LogP contribution in [-0.4, -0.2) is 54.6 Å². The van der Waals surface area contributed by atoms with E-state index in [9.17, 15) is 9.59 Å². The second kappa shape index (κ2) is 7.50. The summed E-state index contributed by atoms with van der Waals surface area (Å²) < 4.78 is 5.64. The molecule has 2 aromatic rings. The Labute approximate surface area is 165 Å². The molecule has 0 unspecified atom stereocenters. The molecule has 0 atom stereocenters. The van der Waals surface area contributed by atoms with Gasteiger partial charge in [0.05, 0.1) is 0 Å². The molecule has 2 aromatic carbocycles. The molecule has 1 heterocycles. The number of amides is 2. The van der Waals surface area contributed by atoms with Crippen LogP contribution in [0.15, 0.2) is 60.7 Å². The first-order valence-corrected chi connectivity index (χ1v) is 9.56. The molecule has 0 radical (unpaired) electrons. The lowest BCUT2D eigenvalue weighted by Crippen LogP contribution is -2.52. The lowest BCUT2D eigenvalue weighted by molar-refractivity contribution is -0.134. The summed E-state index contributed by atoms with van der Waals surface area (Å²) in [6, 6.07) is 16.5. The normalized spacial score (nSPS) is 16.0. The van der Waals surface area contributed by atoms with Gasteiger partial charge in [-0.05, 0) is 29.2 Å². The maximum absolute atomic E-state index is 12.6. The maximum atomic E-state index is 12.6. The topological polar surface area (TPSA) is 49.9 Å². The smallest absolute Gasteiger partial charge is 0.410 e. The number of nitrogens with zero attached hydrogens (tertiary/aromatic N) is 2. The zero-order valence-corrected chi connectivity index (χ0v) is 16.1. The highest BCUT2D eigenvalue weighted by molar-refractivity contribution is 5.84. The maximum Gasteiger partial charge on any atom is 0.410 e. The third kappa shape index (κ3) is 3.40. The van der Waals surface area contributed by atoms with Gasteiger partial charge in [0.15, 0.2) is 0 Å². The van der Waals surface area contributed by atoms with E-state index in [0.29, 0.717) is 19.6 Å². The average Bonchev–Trinajstić information content (AvgIpc) is 3.01. The minimum absolute atomic E-state index is 0.0248. The fourth-order valence-corrected chi connectivity index (χ4v) is 4.04. The fraction of sp³-hybridized carbons (Fsp3) is 0.304. The highest BCUT2D eigenvalue weighted by atomic mass is 16.6. The molecule has 2 aliphatic rings. The van der Waals surface area contributed by atoms with Crippen LogP contribution in [0.1, 0.15) is 24.0 Å². The van der Waals surface area contributed by atoms with Crippen LogP contribution in [0.4, 0.5) is 4.79 Å². The Hall–Kier alpha value is -3.08. The summed E-state index contributed by atoms with van der Waals surface area (Å²) >= 11 is 0. The summed E-state index contributed by atoms with van der Waals surface area (Å²) in [6.07, 6.45) is -0.426. The van der Waals surface area contributed by atoms with Gasteiger partial charge in [-0.2, -0.15) is 0 Å². The first-order chi connectivity index (χ1) is 13.5. The van der Waals surface area contributed by atoms with Crippen molar-refractivity contribution in [1.82, 2.24) is 9.80 Å². The summed E-state index contributed by atoms with van der Waals surface area (Å²) in [5.41, 5.74) is 5.69. The molecule has 1 aliphatic carbocycles. The van der Waals surface area contributed by atoms with E-state index in [1.54, 1.807) is 4.90 Å². The molecule has 144 valence electrons.